The van der Waals surface area contributed by atoms with Crippen molar-refractivity contribution in [3.8, 4) is 0 Å². The third-order valence-corrected chi connectivity index (χ3v) is 7.49. The number of nitrogens with zero attached hydrogens (tertiary/aromatic N) is 3. The summed E-state index contributed by atoms with van der Waals surface area (Å²) >= 11 is 3.65. The Bertz CT molecular complexity index is 2060. The minimum atomic E-state index is -0.341. The number of hydrogen-bond acceptors (Lipinski definition) is 4. The molecule has 0 fully saturated rings. The Morgan fingerprint density at radius 3 is 2.33 bits per heavy atom. The summed E-state index contributed by atoms with van der Waals surface area (Å²) in [6.07, 6.45) is 0. The molecule has 2 aromatic heterocycles. The number of fused-ring (bicyclic) bond motifs is 11. The topological polar surface area (TPSA) is 57.0 Å². The molecule has 0 saturated heterocycles. The van der Waals surface area contributed by atoms with Crippen molar-refractivity contribution in [2.24, 2.45) is 7.05 Å². The predicted molar refractivity (Wildman–Crippen MR) is 150 cm³/mol. The highest BCUT2D eigenvalue weighted by Gasteiger charge is 2.24. The van der Waals surface area contributed by atoms with E-state index in [0.717, 1.165) is 69.9 Å². The second-order valence-corrected chi connectivity index (χ2v) is 9.88. The van der Waals surface area contributed by atoms with Gasteiger partial charge in [-0.05, 0) is 48.7 Å². The second kappa shape index (κ2) is 7.73. The van der Waals surface area contributed by atoms with Crippen molar-refractivity contribution in [3.63, 3.8) is 0 Å². The standard InChI is InChI=1S/C30H20BrN3O2/c1-3-36-30(35)21-15-20-17-8-4-7-11-24(17)34(2)29(20)26-25(21)19-14-16(31)12-13-18(19)27-28(26)33-23-10-6-5-9-22(23)32-27/h4-15H,3H2,1-2H3. The summed E-state index contributed by atoms with van der Waals surface area (Å²) in [5.41, 5.74) is 5.90. The van der Waals surface area contributed by atoms with Gasteiger partial charge in [-0.15, -0.1) is 0 Å². The van der Waals surface area contributed by atoms with Crippen molar-refractivity contribution in [2.75, 3.05) is 6.61 Å². The number of carbonyl (C=O) groups is 1. The third-order valence-electron chi connectivity index (χ3n) is 7.00. The molecule has 0 atom stereocenters. The van der Waals surface area contributed by atoms with E-state index in [-0.39, 0.29) is 5.97 Å². The number of halogens is 1. The highest BCUT2D eigenvalue weighted by Crippen LogP contribution is 2.43. The molecule has 5 nitrogen and oxygen atoms in total. The Morgan fingerprint density at radius 2 is 1.56 bits per heavy atom. The first-order chi connectivity index (χ1) is 17.6. The zero-order chi connectivity index (χ0) is 24.6. The van der Waals surface area contributed by atoms with Gasteiger partial charge in [0.05, 0.1) is 34.2 Å². The van der Waals surface area contributed by atoms with Crippen LogP contribution in [0.25, 0.3) is 65.4 Å². The number of hydrogen-bond donors (Lipinski definition) is 0. The molecule has 0 radical (unpaired) electrons. The molecule has 7 rings (SSSR count). The van der Waals surface area contributed by atoms with Crippen LogP contribution in [0, 0.1) is 0 Å². The summed E-state index contributed by atoms with van der Waals surface area (Å²) in [6.45, 7) is 2.13. The molecule has 174 valence electrons. The molecule has 7 aromatic rings. The maximum absolute atomic E-state index is 13.4. The lowest BCUT2D eigenvalue weighted by Gasteiger charge is -2.15. The molecular formula is C30H20BrN3O2. The fraction of sp³-hybridized carbons (Fsp3) is 0.100. The van der Waals surface area contributed by atoms with E-state index in [1.807, 2.05) is 61.5 Å². The maximum atomic E-state index is 13.4. The van der Waals surface area contributed by atoms with Gasteiger partial charge in [-0.2, -0.15) is 0 Å². The fourth-order valence-electron chi connectivity index (χ4n) is 5.51. The smallest absolute Gasteiger partial charge is 0.338 e. The van der Waals surface area contributed by atoms with E-state index < -0.39 is 0 Å². The molecule has 0 aliphatic carbocycles. The summed E-state index contributed by atoms with van der Waals surface area (Å²) < 4.78 is 8.70. The van der Waals surface area contributed by atoms with Gasteiger partial charge in [0.15, 0.2) is 0 Å². The van der Waals surface area contributed by atoms with Crippen LogP contribution in [0.5, 0.6) is 0 Å². The molecule has 0 N–H and O–H groups in total. The predicted octanol–water partition coefficient (Wildman–Crippen LogP) is 7.67. The van der Waals surface area contributed by atoms with Crippen molar-refractivity contribution in [2.45, 2.75) is 6.92 Å². The van der Waals surface area contributed by atoms with Crippen LogP contribution < -0.4 is 0 Å². The molecule has 0 amide bonds. The molecule has 0 bridgehead atoms. The lowest BCUT2D eigenvalue weighted by atomic mass is 9.93. The molecule has 5 aromatic carbocycles. The Balaban J connectivity index is 1.88. The molecule has 0 aliphatic rings. The van der Waals surface area contributed by atoms with Crippen LogP contribution in [0.4, 0.5) is 0 Å². The van der Waals surface area contributed by atoms with Crippen molar-refractivity contribution in [1.82, 2.24) is 14.5 Å². The van der Waals surface area contributed by atoms with E-state index in [1.165, 1.54) is 0 Å². The molecule has 2 heterocycles. The van der Waals surface area contributed by atoms with E-state index in [0.29, 0.717) is 12.2 Å². The van der Waals surface area contributed by atoms with E-state index >= 15 is 0 Å². The normalized spacial score (nSPS) is 12.0. The van der Waals surface area contributed by atoms with Gasteiger partial charge in [0, 0.05) is 44.0 Å². The van der Waals surface area contributed by atoms with Gasteiger partial charge < -0.3 is 9.30 Å². The number of carbonyl (C=O) groups excluding carboxylic acids is 1. The van der Waals surface area contributed by atoms with Crippen LogP contribution in [0.3, 0.4) is 0 Å². The average molecular weight is 534 g/mol. The summed E-state index contributed by atoms with van der Waals surface area (Å²) in [5, 5.41) is 5.70. The lowest BCUT2D eigenvalue weighted by molar-refractivity contribution is 0.0529. The monoisotopic (exact) mass is 533 g/mol. The van der Waals surface area contributed by atoms with Crippen molar-refractivity contribution in [1.29, 1.82) is 0 Å². The third kappa shape index (κ3) is 2.85. The minimum absolute atomic E-state index is 0.299. The Hall–Kier alpha value is -4.03. The number of aromatic nitrogens is 3. The quantitative estimate of drug-likeness (QED) is 0.130. The minimum Gasteiger partial charge on any atom is -0.462 e. The van der Waals surface area contributed by atoms with Crippen LogP contribution in [-0.2, 0) is 11.8 Å². The molecule has 0 aliphatic heterocycles. The maximum Gasteiger partial charge on any atom is 0.338 e. The van der Waals surface area contributed by atoms with Gasteiger partial charge in [0.2, 0.25) is 0 Å². The van der Waals surface area contributed by atoms with Crippen LogP contribution in [0.1, 0.15) is 17.3 Å². The van der Waals surface area contributed by atoms with E-state index in [4.69, 9.17) is 14.7 Å². The molecular weight excluding hydrogens is 514 g/mol. The molecule has 0 saturated carbocycles. The van der Waals surface area contributed by atoms with Crippen molar-refractivity contribution >= 4 is 87.3 Å². The van der Waals surface area contributed by atoms with Crippen LogP contribution in [0.2, 0.25) is 0 Å². The fourth-order valence-corrected chi connectivity index (χ4v) is 5.87. The molecule has 36 heavy (non-hydrogen) atoms. The summed E-state index contributed by atoms with van der Waals surface area (Å²) in [5.74, 6) is -0.341. The van der Waals surface area contributed by atoms with E-state index in [1.54, 1.807) is 0 Å². The Morgan fingerprint density at radius 1 is 0.833 bits per heavy atom. The number of rotatable bonds is 2. The van der Waals surface area contributed by atoms with Crippen molar-refractivity contribution < 1.29 is 9.53 Å². The number of esters is 1. The SMILES string of the molecule is CCOC(=O)c1cc2c3ccccc3n(C)c2c2c3nc4ccccc4nc3c3ccc(Br)cc3c12. The summed E-state index contributed by atoms with van der Waals surface area (Å²) in [4.78, 5) is 23.7. The number of aryl methyl sites for hydroxylation is 1. The highest BCUT2D eigenvalue weighted by molar-refractivity contribution is 9.10. The Labute approximate surface area is 214 Å². The zero-order valence-electron chi connectivity index (χ0n) is 19.7. The first-order valence-corrected chi connectivity index (χ1v) is 12.6. The van der Waals surface area contributed by atoms with Crippen LogP contribution in [-0.4, -0.2) is 27.1 Å². The van der Waals surface area contributed by atoms with Gasteiger partial charge in [-0.1, -0.05) is 52.3 Å². The van der Waals surface area contributed by atoms with Crippen LogP contribution >= 0.6 is 15.9 Å². The van der Waals surface area contributed by atoms with Gasteiger partial charge in [-0.25, -0.2) is 14.8 Å². The van der Waals surface area contributed by atoms with Gasteiger partial charge in [0.25, 0.3) is 0 Å². The number of para-hydroxylation sites is 3. The molecule has 6 heteroatoms. The zero-order valence-corrected chi connectivity index (χ0v) is 21.3. The highest BCUT2D eigenvalue weighted by atomic mass is 79.9. The van der Waals surface area contributed by atoms with Gasteiger partial charge in [0.1, 0.15) is 5.52 Å². The van der Waals surface area contributed by atoms with Gasteiger partial charge in [-0.3, -0.25) is 0 Å². The summed E-state index contributed by atoms with van der Waals surface area (Å²) in [6, 6.07) is 24.3. The van der Waals surface area contributed by atoms with E-state index in [2.05, 4.69) is 45.7 Å². The number of ether oxygens (including phenoxy) is 1. The molecule has 0 unspecified atom stereocenters. The Kier molecular flexibility index (Phi) is 4.57. The van der Waals surface area contributed by atoms with E-state index in [9.17, 15) is 4.79 Å². The first-order valence-electron chi connectivity index (χ1n) is 11.9. The largest absolute Gasteiger partial charge is 0.462 e. The van der Waals surface area contributed by atoms with Gasteiger partial charge >= 0.3 is 5.97 Å². The second-order valence-electron chi connectivity index (χ2n) is 8.97. The van der Waals surface area contributed by atoms with Crippen LogP contribution in [0.15, 0.2) is 77.3 Å². The number of benzene rings is 5. The summed E-state index contributed by atoms with van der Waals surface area (Å²) in [7, 11) is 2.07. The first kappa shape index (κ1) is 21.3. The van der Waals surface area contributed by atoms with Crippen molar-refractivity contribution in [3.05, 3.63) is 82.8 Å². The average Bonchev–Trinajstić information content (AvgIpc) is 3.19. The molecule has 0 spiro atoms. The lowest BCUT2D eigenvalue weighted by Crippen LogP contribution is -2.07.